The van der Waals surface area contributed by atoms with Gasteiger partial charge in [0.25, 0.3) is 0 Å². The van der Waals surface area contributed by atoms with E-state index in [1.165, 1.54) is 0 Å². The van der Waals surface area contributed by atoms with Crippen molar-refractivity contribution in [3.8, 4) is 0 Å². The average Bonchev–Trinajstić information content (AvgIpc) is 2.88. The van der Waals surface area contributed by atoms with Crippen molar-refractivity contribution < 1.29 is 14.4 Å². The van der Waals surface area contributed by atoms with Crippen molar-refractivity contribution in [3.05, 3.63) is 105 Å². The lowest BCUT2D eigenvalue weighted by molar-refractivity contribution is -0.130. The van der Waals surface area contributed by atoms with Gasteiger partial charge < -0.3 is 4.90 Å². The van der Waals surface area contributed by atoms with Crippen LogP contribution in [0.4, 0.5) is 0 Å². The number of likely N-dealkylation sites (tertiary alicyclic amines) is 1. The molecule has 0 spiro atoms. The summed E-state index contributed by atoms with van der Waals surface area (Å²) in [6, 6.07) is 26.6. The Labute approximate surface area is 220 Å². The van der Waals surface area contributed by atoms with Crippen LogP contribution < -0.4 is 0 Å². The van der Waals surface area contributed by atoms with Gasteiger partial charge in [0.15, 0.2) is 11.6 Å². The molecule has 1 saturated heterocycles. The molecule has 0 aliphatic carbocycles. The van der Waals surface area contributed by atoms with E-state index < -0.39 is 11.8 Å². The second-order valence-corrected chi connectivity index (χ2v) is 10.5. The van der Waals surface area contributed by atoms with Crippen LogP contribution in [0.25, 0.3) is 0 Å². The summed E-state index contributed by atoms with van der Waals surface area (Å²) < 4.78 is 1.06. The predicted octanol–water partition coefficient (Wildman–Crippen LogP) is 4.78. The number of amides is 1. The Morgan fingerprint density at radius 1 is 0.800 bits per heavy atom. The summed E-state index contributed by atoms with van der Waals surface area (Å²) in [6.07, 6.45) is 0. The Balaban J connectivity index is 1.81. The summed E-state index contributed by atoms with van der Waals surface area (Å²) >= 11 is 2.27. The fourth-order valence-corrected chi connectivity index (χ4v) is 5.47. The molecule has 6 heteroatoms. The molecule has 1 amide bonds. The summed E-state index contributed by atoms with van der Waals surface area (Å²) in [7, 11) is 3.44. The molecular weight excluding hydrogens is 551 g/mol. The van der Waals surface area contributed by atoms with Crippen molar-refractivity contribution >= 4 is 40.1 Å². The SMILES string of the molecule is CN(C)C(=O)CN1C[C@H](C(=O)c2ccccc2)C(c2cccc(I)c2)[C@@H](C(=O)c2ccccc2)C1. The van der Waals surface area contributed by atoms with Crippen LogP contribution in [-0.4, -0.2) is 61.0 Å². The molecule has 1 aliphatic heterocycles. The largest absolute Gasteiger partial charge is 0.348 e. The van der Waals surface area contributed by atoms with Gasteiger partial charge in [-0.1, -0.05) is 72.8 Å². The number of benzene rings is 3. The number of hydrogen-bond donors (Lipinski definition) is 0. The number of piperidine rings is 1. The lowest BCUT2D eigenvalue weighted by Crippen LogP contribution is -2.52. The first-order valence-electron chi connectivity index (χ1n) is 11.7. The Bertz CT molecular complexity index is 1140. The molecule has 180 valence electrons. The molecule has 0 radical (unpaired) electrons. The van der Waals surface area contributed by atoms with Gasteiger partial charge in [-0.15, -0.1) is 0 Å². The van der Waals surface area contributed by atoms with Gasteiger partial charge in [-0.2, -0.15) is 0 Å². The molecule has 0 aromatic heterocycles. The first-order chi connectivity index (χ1) is 16.8. The number of nitrogens with zero attached hydrogens (tertiary/aromatic N) is 2. The highest BCUT2D eigenvalue weighted by molar-refractivity contribution is 14.1. The summed E-state index contributed by atoms with van der Waals surface area (Å²) in [5.41, 5.74) is 2.23. The van der Waals surface area contributed by atoms with Crippen molar-refractivity contribution in [1.82, 2.24) is 9.80 Å². The molecule has 0 unspecified atom stereocenters. The molecule has 1 heterocycles. The molecule has 0 saturated carbocycles. The number of hydrogen-bond acceptors (Lipinski definition) is 4. The average molecular weight is 580 g/mol. The third kappa shape index (κ3) is 5.87. The first-order valence-corrected chi connectivity index (χ1v) is 12.8. The van der Waals surface area contributed by atoms with E-state index in [1.54, 1.807) is 19.0 Å². The van der Waals surface area contributed by atoms with E-state index in [1.807, 2.05) is 83.8 Å². The van der Waals surface area contributed by atoms with Crippen LogP contribution in [0, 0.1) is 15.4 Å². The van der Waals surface area contributed by atoms with E-state index in [2.05, 4.69) is 28.7 Å². The highest BCUT2D eigenvalue weighted by atomic mass is 127. The zero-order valence-corrected chi connectivity index (χ0v) is 22.1. The smallest absolute Gasteiger partial charge is 0.236 e. The maximum atomic E-state index is 13.9. The number of halogens is 1. The Morgan fingerprint density at radius 3 is 1.77 bits per heavy atom. The minimum atomic E-state index is -0.461. The molecular formula is C29H29IN2O3. The standard InChI is InChI=1S/C29H29IN2O3/c1-31(2)26(33)19-32-17-24(28(34)20-10-5-3-6-11-20)27(22-14-9-15-23(30)16-22)25(18-32)29(35)21-12-7-4-8-13-21/h3-16,24-25,27H,17-19H2,1-2H3/t24-,25-/m0/s1. The van der Waals surface area contributed by atoms with Crippen LogP contribution in [0.2, 0.25) is 0 Å². The minimum Gasteiger partial charge on any atom is -0.348 e. The van der Waals surface area contributed by atoms with Crippen LogP contribution in [0.5, 0.6) is 0 Å². The quantitative estimate of drug-likeness (QED) is 0.299. The number of Topliss-reactive ketones (excluding diaryl/α,β-unsaturated/α-hetero) is 2. The van der Waals surface area contributed by atoms with Crippen LogP contribution in [0.3, 0.4) is 0 Å². The van der Waals surface area contributed by atoms with Gasteiger partial charge in [-0.25, -0.2) is 0 Å². The monoisotopic (exact) mass is 580 g/mol. The molecule has 4 rings (SSSR count). The fourth-order valence-electron chi connectivity index (χ4n) is 4.90. The van der Waals surface area contributed by atoms with E-state index in [4.69, 9.17) is 0 Å². The van der Waals surface area contributed by atoms with E-state index in [9.17, 15) is 14.4 Å². The van der Waals surface area contributed by atoms with Crippen molar-refractivity contribution in [2.45, 2.75) is 5.92 Å². The van der Waals surface area contributed by atoms with Gasteiger partial charge in [-0.3, -0.25) is 19.3 Å². The van der Waals surface area contributed by atoms with Crippen molar-refractivity contribution in [3.63, 3.8) is 0 Å². The van der Waals surface area contributed by atoms with Crippen molar-refractivity contribution in [2.75, 3.05) is 33.7 Å². The van der Waals surface area contributed by atoms with Crippen LogP contribution in [0.1, 0.15) is 32.2 Å². The molecule has 35 heavy (non-hydrogen) atoms. The normalized spacial score (nSPS) is 18.7. The highest BCUT2D eigenvalue weighted by Crippen LogP contribution is 2.41. The number of ketones is 2. The van der Waals surface area contributed by atoms with Crippen molar-refractivity contribution in [2.24, 2.45) is 11.8 Å². The summed E-state index contributed by atoms with van der Waals surface area (Å²) in [5, 5.41) is 0. The summed E-state index contributed by atoms with van der Waals surface area (Å²) in [6.45, 7) is 1.01. The number of carbonyl (C=O) groups excluding carboxylic acids is 3. The minimum absolute atomic E-state index is 0.00215. The van der Waals surface area contributed by atoms with Gasteiger partial charge in [0.2, 0.25) is 5.91 Å². The third-order valence-electron chi connectivity index (χ3n) is 6.66. The molecule has 3 aromatic carbocycles. The van der Waals surface area contributed by atoms with E-state index in [0.29, 0.717) is 24.2 Å². The molecule has 5 nitrogen and oxygen atoms in total. The van der Waals surface area contributed by atoms with Gasteiger partial charge >= 0.3 is 0 Å². The van der Waals surface area contributed by atoms with Gasteiger partial charge in [0.05, 0.1) is 6.54 Å². The highest BCUT2D eigenvalue weighted by Gasteiger charge is 2.45. The Kier molecular flexibility index (Phi) is 8.13. The second kappa shape index (κ2) is 11.3. The van der Waals surface area contributed by atoms with E-state index >= 15 is 0 Å². The number of carbonyl (C=O) groups is 3. The van der Waals surface area contributed by atoms with Crippen LogP contribution >= 0.6 is 22.6 Å². The summed E-state index contributed by atoms with van der Waals surface area (Å²) in [4.78, 5) is 43.9. The maximum Gasteiger partial charge on any atom is 0.236 e. The summed E-state index contributed by atoms with van der Waals surface area (Å²) in [5.74, 6) is -1.26. The third-order valence-corrected chi connectivity index (χ3v) is 7.33. The zero-order valence-electron chi connectivity index (χ0n) is 19.9. The lowest BCUT2D eigenvalue weighted by Gasteiger charge is -2.43. The maximum absolute atomic E-state index is 13.9. The van der Waals surface area contributed by atoms with Crippen LogP contribution in [-0.2, 0) is 4.79 Å². The lowest BCUT2D eigenvalue weighted by atomic mass is 9.68. The molecule has 1 aliphatic rings. The number of likely N-dealkylation sites (N-methyl/N-ethyl adjacent to an activating group) is 1. The van der Waals surface area contributed by atoms with Gasteiger partial charge in [0.1, 0.15) is 0 Å². The molecule has 0 bridgehead atoms. The fraction of sp³-hybridized carbons (Fsp3) is 0.276. The molecule has 3 aromatic rings. The zero-order chi connectivity index (χ0) is 24.9. The Morgan fingerprint density at radius 2 is 1.31 bits per heavy atom. The topological polar surface area (TPSA) is 57.7 Å². The van der Waals surface area contributed by atoms with E-state index in [0.717, 1.165) is 9.13 Å². The van der Waals surface area contributed by atoms with Gasteiger partial charge in [0, 0.05) is 59.6 Å². The first kappa shape index (κ1) is 25.3. The van der Waals surface area contributed by atoms with Gasteiger partial charge in [-0.05, 0) is 40.3 Å². The molecule has 0 N–H and O–H groups in total. The Hall–Kier alpha value is -2.84. The second-order valence-electron chi connectivity index (χ2n) is 9.24. The van der Waals surface area contributed by atoms with E-state index in [-0.39, 0.29) is 29.9 Å². The van der Waals surface area contributed by atoms with Crippen molar-refractivity contribution in [1.29, 1.82) is 0 Å². The molecule has 2 atom stereocenters. The number of rotatable bonds is 7. The molecule has 1 fully saturated rings. The predicted molar refractivity (Wildman–Crippen MR) is 146 cm³/mol. The van der Waals surface area contributed by atoms with Crippen LogP contribution in [0.15, 0.2) is 84.9 Å².